The highest BCUT2D eigenvalue weighted by Crippen LogP contribution is 2.43. The predicted octanol–water partition coefficient (Wildman–Crippen LogP) is 4.44. The van der Waals surface area contributed by atoms with Crippen LogP contribution in [0.2, 0.25) is 0 Å². The molecule has 5 rings (SSSR count). The molecule has 1 aromatic rings. The minimum absolute atomic E-state index is 0.135. The molecule has 3 heterocycles. The number of likely N-dealkylation sites (tertiary alicyclic amines) is 1. The van der Waals surface area contributed by atoms with Gasteiger partial charge in [0.25, 0.3) is 0 Å². The molecular weight excluding hydrogens is 377 g/mol. The zero-order chi connectivity index (χ0) is 20.7. The third kappa shape index (κ3) is 3.58. The Hall–Kier alpha value is -1.46. The van der Waals surface area contributed by atoms with E-state index in [2.05, 4.69) is 23.2 Å². The Kier molecular flexibility index (Phi) is 5.61. The van der Waals surface area contributed by atoms with Crippen molar-refractivity contribution in [1.82, 2.24) is 10.2 Å². The van der Waals surface area contributed by atoms with E-state index in [4.69, 9.17) is 0 Å². The van der Waals surface area contributed by atoms with Crippen LogP contribution in [-0.4, -0.2) is 49.1 Å². The Morgan fingerprint density at radius 1 is 1.03 bits per heavy atom. The van der Waals surface area contributed by atoms with Gasteiger partial charge in [-0.3, -0.25) is 9.69 Å². The summed E-state index contributed by atoms with van der Waals surface area (Å²) in [6.07, 6.45) is 10.0. The van der Waals surface area contributed by atoms with Gasteiger partial charge in [-0.2, -0.15) is 0 Å². The zero-order valence-electron chi connectivity index (χ0n) is 18.3. The number of nitrogens with one attached hydrogen (secondary N) is 1. The first kappa shape index (κ1) is 20.4. The summed E-state index contributed by atoms with van der Waals surface area (Å²) in [7, 11) is 0. The lowest BCUT2D eigenvalue weighted by molar-refractivity contribution is -0.126. The molecule has 0 bridgehead atoms. The molecule has 0 aromatic heterocycles. The summed E-state index contributed by atoms with van der Waals surface area (Å²) < 4.78 is 15.1. The van der Waals surface area contributed by atoms with Gasteiger partial charge in [-0.1, -0.05) is 6.07 Å². The van der Waals surface area contributed by atoms with Crippen LogP contribution in [0.4, 0.5) is 10.1 Å². The number of hydrogen-bond acceptors (Lipinski definition) is 3. The van der Waals surface area contributed by atoms with Crippen molar-refractivity contribution in [2.24, 2.45) is 5.41 Å². The zero-order valence-corrected chi connectivity index (χ0v) is 18.3. The molecule has 1 aromatic carbocycles. The second kappa shape index (κ2) is 8.23. The molecule has 1 atom stereocenters. The number of piperidine rings is 1. The second-order valence-corrected chi connectivity index (χ2v) is 10.2. The Balaban J connectivity index is 1.25. The fourth-order valence-electron chi connectivity index (χ4n) is 6.65. The van der Waals surface area contributed by atoms with Crippen molar-refractivity contribution < 1.29 is 9.18 Å². The van der Waals surface area contributed by atoms with Gasteiger partial charge in [-0.15, -0.1) is 0 Å². The maximum atomic E-state index is 15.1. The lowest BCUT2D eigenvalue weighted by Gasteiger charge is -2.37. The fraction of sp³-hybridized carbons (Fsp3) is 0.720. The molecule has 1 amide bonds. The molecule has 0 radical (unpaired) electrons. The average Bonchev–Trinajstić information content (AvgIpc) is 3.33. The molecule has 5 heteroatoms. The van der Waals surface area contributed by atoms with E-state index in [1.165, 1.54) is 32.2 Å². The number of carbonyl (C=O) groups is 1. The Morgan fingerprint density at radius 3 is 2.47 bits per heavy atom. The van der Waals surface area contributed by atoms with Crippen LogP contribution in [-0.2, 0) is 4.79 Å². The maximum absolute atomic E-state index is 15.1. The third-order valence-corrected chi connectivity index (χ3v) is 8.58. The summed E-state index contributed by atoms with van der Waals surface area (Å²) in [6, 6.07) is 7.12. The van der Waals surface area contributed by atoms with Crippen LogP contribution in [0.25, 0.3) is 0 Å². The molecule has 30 heavy (non-hydrogen) atoms. The first-order chi connectivity index (χ1) is 14.6. The standard InChI is InChI=1S/C25H36FN3O/c1-18-3-2-15-28(18)21-7-4-19(5-8-21)20-6-9-23(22(26)17-20)29-16-12-25(24(29)30)10-13-27-14-11-25/h6,9,17-19,21,27H,2-5,7-8,10-16H2,1H3/t18-,19?,21?/m1/s1. The summed E-state index contributed by atoms with van der Waals surface area (Å²) in [5, 5.41) is 3.34. The molecule has 1 N–H and O–H groups in total. The number of anilines is 1. The van der Waals surface area contributed by atoms with Crippen molar-refractivity contribution in [1.29, 1.82) is 0 Å². The minimum atomic E-state index is -0.262. The van der Waals surface area contributed by atoms with Crippen LogP contribution < -0.4 is 10.2 Å². The van der Waals surface area contributed by atoms with Crippen LogP contribution in [0.3, 0.4) is 0 Å². The van der Waals surface area contributed by atoms with E-state index in [0.29, 0.717) is 24.2 Å². The number of hydrogen-bond donors (Lipinski definition) is 1. The van der Waals surface area contributed by atoms with Crippen LogP contribution in [0.15, 0.2) is 18.2 Å². The molecule has 1 saturated carbocycles. The van der Waals surface area contributed by atoms with Crippen molar-refractivity contribution in [2.45, 2.75) is 82.7 Å². The largest absolute Gasteiger partial charge is 0.317 e. The van der Waals surface area contributed by atoms with Crippen LogP contribution in [0.5, 0.6) is 0 Å². The van der Waals surface area contributed by atoms with Crippen molar-refractivity contribution in [3.63, 3.8) is 0 Å². The molecule has 164 valence electrons. The summed E-state index contributed by atoms with van der Waals surface area (Å²) in [4.78, 5) is 17.6. The molecule has 4 fully saturated rings. The lowest BCUT2D eigenvalue weighted by atomic mass is 9.77. The first-order valence-corrected chi connectivity index (χ1v) is 12.2. The summed E-state index contributed by atoms with van der Waals surface area (Å²) >= 11 is 0. The van der Waals surface area contributed by atoms with Crippen molar-refractivity contribution in [3.8, 4) is 0 Å². The lowest BCUT2D eigenvalue weighted by Crippen LogP contribution is -2.42. The average molecular weight is 414 g/mol. The van der Waals surface area contributed by atoms with Crippen LogP contribution in [0, 0.1) is 11.2 Å². The topological polar surface area (TPSA) is 35.6 Å². The first-order valence-electron chi connectivity index (χ1n) is 12.2. The summed E-state index contributed by atoms with van der Waals surface area (Å²) in [5.74, 6) is 0.366. The van der Waals surface area contributed by atoms with Gasteiger partial charge in [-0.25, -0.2) is 4.39 Å². The summed E-state index contributed by atoms with van der Waals surface area (Å²) in [5.41, 5.74) is 1.34. The van der Waals surface area contributed by atoms with Crippen LogP contribution >= 0.6 is 0 Å². The predicted molar refractivity (Wildman–Crippen MR) is 118 cm³/mol. The highest BCUT2D eigenvalue weighted by molar-refractivity contribution is 6.00. The van der Waals surface area contributed by atoms with E-state index < -0.39 is 0 Å². The van der Waals surface area contributed by atoms with E-state index in [1.54, 1.807) is 11.0 Å². The number of halogens is 1. The number of carbonyl (C=O) groups excluding carboxylic acids is 1. The molecular formula is C25H36FN3O. The third-order valence-electron chi connectivity index (χ3n) is 8.58. The monoisotopic (exact) mass is 413 g/mol. The molecule has 3 saturated heterocycles. The number of rotatable bonds is 3. The van der Waals surface area contributed by atoms with Gasteiger partial charge in [0.15, 0.2) is 0 Å². The fourth-order valence-corrected chi connectivity index (χ4v) is 6.65. The number of nitrogens with zero attached hydrogens (tertiary/aromatic N) is 2. The second-order valence-electron chi connectivity index (χ2n) is 10.2. The van der Waals surface area contributed by atoms with Gasteiger partial charge in [0.05, 0.1) is 11.1 Å². The highest BCUT2D eigenvalue weighted by atomic mass is 19.1. The Bertz CT molecular complexity index is 783. The molecule has 1 spiro atoms. The van der Waals surface area contributed by atoms with Gasteiger partial charge in [0.1, 0.15) is 5.82 Å². The summed E-state index contributed by atoms with van der Waals surface area (Å²) in [6.45, 7) is 6.04. The van der Waals surface area contributed by atoms with E-state index in [-0.39, 0.29) is 17.1 Å². The van der Waals surface area contributed by atoms with Gasteiger partial charge in [0, 0.05) is 18.6 Å². The normalized spacial score (nSPS) is 32.3. The van der Waals surface area contributed by atoms with E-state index in [0.717, 1.165) is 56.8 Å². The van der Waals surface area contributed by atoms with E-state index in [9.17, 15) is 4.79 Å². The Labute approximate surface area is 180 Å². The van der Waals surface area contributed by atoms with Gasteiger partial charge in [-0.05, 0) is 108 Å². The molecule has 4 nitrogen and oxygen atoms in total. The smallest absolute Gasteiger partial charge is 0.233 e. The number of benzene rings is 1. The SMILES string of the molecule is C[C@@H]1CCCN1C1CCC(c2ccc(N3CCC4(CCNCC4)C3=O)c(F)c2)CC1. The maximum Gasteiger partial charge on any atom is 0.233 e. The molecule has 0 unspecified atom stereocenters. The highest BCUT2D eigenvalue weighted by Gasteiger charge is 2.47. The van der Waals surface area contributed by atoms with Crippen molar-refractivity contribution >= 4 is 11.6 Å². The van der Waals surface area contributed by atoms with Crippen molar-refractivity contribution in [3.05, 3.63) is 29.6 Å². The quantitative estimate of drug-likeness (QED) is 0.796. The minimum Gasteiger partial charge on any atom is -0.317 e. The molecule has 4 aliphatic rings. The van der Waals surface area contributed by atoms with Gasteiger partial charge >= 0.3 is 0 Å². The van der Waals surface area contributed by atoms with Crippen LogP contribution in [0.1, 0.15) is 76.2 Å². The van der Waals surface area contributed by atoms with Crippen molar-refractivity contribution in [2.75, 3.05) is 31.1 Å². The Morgan fingerprint density at radius 2 is 1.80 bits per heavy atom. The van der Waals surface area contributed by atoms with Gasteiger partial charge in [0.2, 0.25) is 5.91 Å². The number of amides is 1. The molecule has 1 aliphatic carbocycles. The van der Waals surface area contributed by atoms with Gasteiger partial charge < -0.3 is 10.2 Å². The van der Waals surface area contributed by atoms with E-state index >= 15 is 4.39 Å². The molecule has 3 aliphatic heterocycles. The van der Waals surface area contributed by atoms with E-state index in [1.807, 2.05) is 6.07 Å².